The van der Waals surface area contributed by atoms with Gasteiger partial charge < -0.3 is 13.9 Å². The number of nitrogens with zero attached hydrogens (tertiary/aromatic N) is 1. The van der Waals surface area contributed by atoms with Crippen LogP contribution in [0, 0.1) is 0 Å². The van der Waals surface area contributed by atoms with Crippen LogP contribution in [-0.4, -0.2) is 19.2 Å². The normalized spacial score (nSPS) is 10.8. The molecule has 6 nitrogen and oxygen atoms in total. The van der Waals surface area contributed by atoms with Gasteiger partial charge in [0.05, 0.1) is 24.6 Å². The van der Waals surface area contributed by atoms with Gasteiger partial charge in [0, 0.05) is 5.56 Å². The summed E-state index contributed by atoms with van der Waals surface area (Å²) in [5, 5.41) is 4.70. The van der Waals surface area contributed by atoms with Gasteiger partial charge in [-0.1, -0.05) is 29.3 Å². The Morgan fingerprint density at radius 3 is 2.79 bits per heavy atom. The first-order chi connectivity index (χ1) is 13.6. The van der Waals surface area contributed by atoms with Gasteiger partial charge in [0.15, 0.2) is 5.76 Å². The van der Waals surface area contributed by atoms with Crippen molar-refractivity contribution in [3.63, 3.8) is 0 Å². The van der Waals surface area contributed by atoms with Crippen molar-refractivity contribution in [2.45, 2.75) is 6.61 Å². The Hall–Kier alpha value is -2.96. The number of furan rings is 1. The third-order valence-electron chi connectivity index (χ3n) is 3.73. The van der Waals surface area contributed by atoms with Crippen LogP contribution in [-0.2, 0) is 6.61 Å². The molecule has 0 atom stereocenters. The second-order valence-corrected chi connectivity index (χ2v) is 6.37. The molecule has 1 aromatic heterocycles. The fourth-order valence-electron chi connectivity index (χ4n) is 2.37. The molecule has 0 bridgehead atoms. The smallest absolute Gasteiger partial charge is 0.307 e. The third-order valence-corrected chi connectivity index (χ3v) is 4.53. The number of rotatable bonds is 7. The highest BCUT2D eigenvalue weighted by Gasteiger charge is 2.09. The average Bonchev–Trinajstić information content (AvgIpc) is 3.24. The van der Waals surface area contributed by atoms with Crippen LogP contribution in [0.25, 0.3) is 0 Å². The highest BCUT2D eigenvalue weighted by Crippen LogP contribution is 2.32. The first kappa shape index (κ1) is 19.8. The summed E-state index contributed by atoms with van der Waals surface area (Å²) in [6.45, 7) is 0.212. The fraction of sp³-hybridized carbons (Fsp3) is 0.100. The van der Waals surface area contributed by atoms with Crippen molar-refractivity contribution >= 4 is 35.3 Å². The molecule has 2 aromatic carbocycles. The lowest BCUT2D eigenvalue weighted by molar-refractivity contribution is 0.0927. The van der Waals surface area contributed by atoms with E-state index in [1.165, 1.54) is 12.5 Å². The van der Waals surface area contributed by atoms with Gasteiger partial charge >= 0.3 is 5.91 Å². The summed E-state index contributed by atoms with van der Waals surface area (Å²) in [6.07, 6.45) is 2.93. The molecule has 3 aromatic rings. The fourth-order valence-corrected chi connectivity index (χ4v) is 2.72. The van der Waals surface area contributed by atoms with E-state index in [1.807, 2.05) is 6.07 Å². The van der Waals surface area contributed by atoms with Crippen LogP contribution in [0.5, 0.6) is 11.5 Å². The zero-order chi connectivity index (χ0) is 19.9. The van der Waals surface area contributed by atoms with Crippen molar-refractivity contribution in [1.29, 1.82) is 0 Å². The van der Waals surface area contributed by atoms with Crippen LogP contribution < -0.4 is 14.9 Å². The number of carbonyl (C=O) groups is 1. The number of carbonyl (C=O) groups excluding carboxylic acids is 1. The number of methoxy groups -OCH3 is 1. The van der Waals surface area contributed by atoms with Crippen LogP contribution in [0.4, 0.5) is 0 Å². The molecular formula is C20H16Cl2N2O4. The molecule has 144 valence electrons. The van der Waals surface area contributed by atoms with Crippen LogP contribution in [0.2, 0.25) is 10.0 Å². The molecule has 3 rings (SSSR count). The minimum Gasteiger partial charge on any atom is -0.496 e. The summed E-state index contributed by atoms with van der Waals surface area (Å²) in [5.41, 5.74) is 3.92. The number of halogens is 2. The van der Waals surface area contributed by atoms with Gasteiger partial charge in [-0.2, -0.15) is 5.10 Å². The molecule has 8 heteroatoms. The first-order valence-electron chi connectivity index (χ1n) is 8.19. The lowest BCUT2D eigenvalue weighted by atomic mass is 10.1. The summed E-state index contributed by atoms with van der Waals surface area (Å²) in [6, 6.07) is 13.8. The maximum Gasteiger partial charge on any atom is 0.307 e. The van der Waals surface area contributed by atoms with Crippen molar-refractivity contribution in [1.82, 2.24) is 5.43 Å². The molecule has 1 amide bonds. The molecule has 0 fully saturated rings. The largest absolute Gasteiger partial charge is 0.496 e. The summed E-state index contributed by atoms with van der Waals surface area (Å²) in [4.78, 5) is 11.8. The van der Waals surface area contributed by atoms with Crippen molar-refractivity contribution < 1.29 is 18.7 Å². The van der Waals surface area contributed by atoms with Crippen molar-refractivity contribution in [3.8, 4) is 11.5 Å². The molecule has 0 radical (unpaired) electrons. The van der Waals surface area contributed by atoms with Crippen LogP contribution in [0.3, 0.4) is 0 Å². The van der Waals surface area contributed by atoms with E-state index in [1.54, 1.807) is 49.6 Å². The monoisotopic (exact) mass is 418 g/mol. The second kappa shape index (κ2) is 9.30. The van der Waals surface area contributed by atoms with E-state index in [-0.39, 0.29) is 12.4 Å². The summed E-state index contributed by atoms with van der Waals surface area (Å²) in [5.74, 6) is 0.865. The summed E-state index contributed by atoms with van der Waals surface area (Å²) >= 11 is 12.2. The predicted octanol–water partition coefficient (Wildman–Crippen LogP) is 4.94. The first-order valence-corrected chi connectivity index (χ1v) is 8.94. The molecule has 0 spiro atoms. The van der Waals surface area contributed by atoms with E-state index in [0.29, 0.717) is 21.5 Å². The lowest BCUT2D eigenvalue weighted by Gasteiger charge is -2.12. The second-order valence-electron chi connectivity index (χ2n) is 5.59. The lowest BCUT2D eigenvalue weighted by Crippen LogP contribution is -2.16. The summed E-state index contributed by atoms with van der Waals surface area (Å²) < 4.78 is 16.1. The van der Waals surface area contributed by atoms with E-state index in [4.69, 9.17) is 37.1 Å². The Bertz CT molecular complexity index is 988. The number of hydrazone groups is 1. The van der Waals surface area contributed by atoms with Gasteiger partial charge in [0.1, 0.15) is 23.1 Å². The van der Waals surface area contributed by atoms with Crippen molar-refractivity contribution in [2.75, 3.05) is 7.11 Å². The molecular weight excluding hydrogens is 403 g/mol. The highest BCUT2D eigenvalue weighted by atomic mass is 35.5. The van der Waals surface area contributed by atoms with Gasteiger partial charge in [-0.05, 0) is 48.0 Å². The molecule has 0 aliphatic rings. The minimum absolute atomic E-state index is 0.180. The minimum atomic E-state index is -0.436. The molecule has 1 heterocycles. The SMILES string of the molecule is COc1ccc(C=NNC(=O)c2ccco2)cc1COc1cccc(Cl)c1Cl. The van der Waals surface area contributed by atoms with Gasteiger partial charge in [0.25, 0.3) is 0 Å². The number of hydrogen-bond donors (Lipinski definition) is 1. The highest BCUT2D eigenvalue weighted by molar-refractivity contribution is 6.42. The number of nitrogens with one attached hydrogen (secondary N) is 1. The van der Waals surface area contributed by atoms with Gasteiger partial charge in [0.2, 0.25) is 0 Å². The van der Waals surface area contributed by atoms with Crippen LogP contribution in [0.15, 0.2) is 64.3 Å². The average molecular weight is 419 g/mol. The van der Waals surface area contributed by atoms with Crippen molar-refractivity contribution in [2.24, 2.45) is 5.10 Å². The quantitative estimate of drug-likeness (QED) is 0.435. The zero-order valence-electron chi connectivity index (χ0n) is 14.8. The molecule has 0 saturated carbocycles. The van der Waals surface area contributed by atoms with E-state index < -0.39 is 5.91 Å². The van der Waals surface area contributed by atoms with E-state index >= 15 is 0 Å². The Morgan fingerprint density at radius 1 is 1.18 bits per heavy atom. The Kier molecular flexibility index (Phi) is 6.57. The summed E-state index contributed by atoms with van der Waals surface area (Å²) in [7, 11) is 1.57. The Balaban J connectivity index is 1.70. The predicted molar refractivity (Wildman–Crippen MR) is 108 cm³/mol. The molecule has 0 aliphatic heterocycles. The van der Waals surface area contributed by atoms with Crippen LogP contribution >= 0.6 is 23.2 Å². The van der Waals surface area contributed by atoms with Crippen molar-refractivity contribution in [3.05, 3.63) is 81.7 Å². The maximum atomic E-state index is 11.8. The van der Waals surface area contributed by atoms with E-state index in [9.17, 15) is 4.79 Å². The van der Waals surface area contributed by atoms with Gasteiger partial charge in [-0.25, -0.2) is 5.43 Å². The van der Waals surface area contributed by atoms with E-state index in [2.05, 4.69) is 10.5 Å². The van der Waals surface area contributed by atoms with Gasteiger partial charge in [-0.15, -0.1) is 0 Å². The number of ether oxygens (including phenoxy) is 2. The number of hydrogen-bond acceptors (Lipinski definition) is 5. The van der Waals surface area contributed by atoms with E-state index in [0.717, 1.165) is 11.1 Å². The third kappa shape index (κ3) is 4.85. The molecule has 0 aliphatic carbocycles. The molecule has 0 unspecified atom stereocenters. The zero-order valence-corrected chi connectivity index (χ0v) is 16.3. The molecule has 28 heavy (non-hydrogen) atoms. The number of benzene rings is 2. The number of amides is 1. The Labute approximate surface area is 171 Å². The van der Waals surface area contributed by atoms with Gasteiger partial charge in [-0.3, -0.25) is 4.79 Å². The van der Waals surface area contributed by atoms with Crippen LogP contribution in [0.1, 0.15) is 21.7 Å². The standard InChI is InChI=1S/C20H16Cl2N2O4/c1-26-16-8-7-13(11-23-24-20(25)18-6-3-9-27-18)10-14(16)12-28-17-5-2-4-15(21)19(17)22/h2-11H,12H2,1H3,(H,24,25). The maximum absolute atomic E-state index is 11.8. The Morgan fingerprint density at radius 2 is 2.04 bits per heavy atom. The molecule has 1 N–H and O–H groups in total. The molecule has 0 saturated heterocycles. The topological polar surface area (TPSA) is 73.1 Å².